The van der Waals surface area contributed by atoms with Gasteiger partial charge in [-0.25, -0.2) is 13.8 Å². The fourth-order valence-electron chi connectivity index (χ4n) is 2.20. The number of fused-ring (bicyclic) bond motifs is 1. The molecule has 1 heterocycles. The largest absolute Gasteiger partial charge is 0.350 e. The average molecular weight is 313 g/mol. The van der Waals surface area contributed by atoms with Crippen LogP contribution >= 0.6 is 0 Å². The van der Waals surface area contributed by atoms with Crippen LogP contribution in [0.2, 0.25) is 0 Å². The van der Waals surface area contributed by atoms with Gasteiger partial charge in [-0.1, -0.05) is 12.1 Å². The maximum atomic E-state index is 13.5. The first-order valence-corrected chi connectivity index (χ1v) is 7.07. The Labute approximate surface area is 131 Å². The molecule has 0 saturated carbocycles. The summed E-state index contributed by atoms with van der Waals surface area (Å²) in [5.41, 5.74) is 1.72. The Morgan fingerprint density at radius 1 is 1.09 bits per heavy atom. The van der Waals surface area contributed by atoms with Crippen molar-refractivity contribution < 1.29 is 13.6 Å². The van der Waals surface area contributed by atoms with Crippen molar-refractivity contribution in [2.45, 2.75) is 6.42 Å². The van der Waals surface area contributed by atoms with Crippen molar-refractivity contribution in [1.82, 2.24) is 15.3 Å². The number of carbonyl (C=O) groups is 1. The van der Waals surface area contributed by atoms with E-state index < -0.39 is 17.5 Å². The third kappa shape index (κ3) is 3.48. The highest BCUT2D eigenvalue weighted by atomic mass is 19.1. The van der Waals surface area contributed by atoms with E-state index in [2.05, 4.69) is 15.3 Å². The third-order valence-corrected chi connectivity index (χ3v) is 3.37. The number of hydrogen-bond donors (Lipinski definition) is 1. The van der Waals surface area contributed by atoms with E-state index in [1.807, 2.05) is 12.1 Å². The van der Waals surface area contributed by atoms with Crippen LogP contribution in [0.3, 0.4) is 0 Å². The summed E-state index contributed by atoms with van der Waals surface area (Å²) in [6, 6.07) is 10.5. The summed E-state index contributed by atoms with van der Waals surface area (Å²) in [7, 11) is 0. The van der Waals surface area contributed by atoms with Crippen molar-refractivity contribution in [1.29, 1.82) is 0 Å². The second-order valence-electron chi connectivity index (χ2n) is 4.99. The molecular weight excluding hydrogens is 300 g/mol. The quantitative estimate of drug-likeness (QED) is 0.806. The smallest absolute Gasteiger partial charge is 0.271 e. The van der Waals surface area contributed by atoms with Crippen molar-refractivity contribution in [3.05, 3.63) is 71.6 Å². The lowest BCUT2D eigenvalue weighted by atomic mass is 10.1. The summed E-state index contributed by atoms with van der Waals surface area (Å²) < 4.78 is 26.6. The van der Waals surface area contributed by atoms with Crippen LogP contribution in [-0.4, -0.2) is 22.4 Å². The first kappa shape index (κ1) is 15.0. The maximum absolute atomic E-state index is 13.5. The number of halogens is 2. The van der Waals surface area contributed by atoms with Crippen LogP contribution in [-0.2, 0) is 6.42 Å². The molecule has 0 spiro atoms. The Morgan fingerprint density at radius 3 is 2.70 bits per heavy atom. The van der Waals surface area contributed by atoms with E-state index in [0.29, 0.717) is 11.0 Å². The molecule has 1 amide bonds. The Morgan fingerprint density at radius 2 is 1.87 bits per heavy atom. The second-order valence-corrected chi connectivity index (χ2v) is 4.99. The Hall–Kier alpha value is -2.89. The van der Waals surface area contributed by atoms with E-state index in [9.17, 15) is 13.6 Å². The van der Waals surface area contributed by atoms with Crippen molar-refractivity contribution >= 4 is 16.9 Å². The zero-order valence-corrected chi connectivity index (χ0v) is 12.1. The molecule has 1 aromatic heterocycles. The molecule has 116 valence electrons. The number of nitrogens with zero attached hydrogens (tertiary/aromatic N) is 2. The predicted octanol–water partition coefficient (Wildman–Crippen LogP) is 2.88. The topological polar surface area (TPSA) is 54.9 Å². The van der Waals surface area contributed by atoms with Crippen molar-refractivity contribution in [2.24, 2.45) is 0 Å². The number of benzene rings is 2. The molecule has 0 unspecified atom stereocenters. The molecule has 0 radical (unpaired) electrons. The number of aromatic nitrogens is 2. The third-order valence-electron chi connectivity index (χ3n) is 3.37. The first-order valence-electron chi connectivity index (χ1n) is 7.07. The van der Waals surface area contributed by atoms with Crippen molar-refractivity contribution in [3.63, 3.8) is 0 Å². The number of para-hydroxylation sites is 2. The molecule has 0 bridgehead atoms. The first-order chi connectivity index (χ1) is 11.1. The van der Waals surface area contributed by atoms with Crippen molar-refractivity contribution in [2.75, 3.05) is 6.54 Å². The van der Waals surface area contributed by atoms with Gasteiger partial charge in [-0.3, -0.25) is 9.78 Å². The summed E-state index contributed by atoms with van der Waals surface area (Å²) in [4.78, 5) is 20.4. The van der Waals surface area contributed by atoms with Gasteiger partial charge in [-0.05, 0) is 42.3 Å². The van der Waals surface area contributed by atoms with E-state index >= 15 is 0 Å². The molecule has 0 fully saturated rings. The molecule has 0 aliphatic rings. The maximum Gasteiger partial charge on any atom is 0.271 e. The van der Waals surface area contributed by atoms with Gasteiger partial charge in [0, 0.05) is 6.54 Å². The van der Waals surface area contributed by atoms with Crippen LogP contribution in [0, 0.1) is 11.6 Å². The van der Waals surface area contributed by atoms with E-state index in [4.69, 9.17) is 0 Å². The van der Waals surface area contributed by atoms with E-state index in [-0.39, 0.29) is 24.2 Å². The molecule has 23 heavy (non-hydrogen) atoms. The highest BCUT2D eigenvalue weighted by Crippen LogP contribution is 2.10. The van der Waals surface area contributed by atoms with Gasteiger partial charge < -0.3 is 5.32 Å². The van der Waals surface area contributed by atoms with Crippen LogP contribution in [0.25, 0.3) is 11.0 Å². The number of rotatable bonds is 4. The molecule has 0 aliphatic carbocycles. The number of amides is 1. The fraction of sp³-hybridized carbons (Fsp3) is 0.118. The van der Waals surface area contributed by atoms with Gasteiger partial charge in [0.25, 0.3) is 5.91 Å². The van der Waals surface area contributed by atoms with E-state index in [1.165, 1.54) is 6.20 Å². The molecule has 0 aliphatic heterocycles. The Kier molecular flexibility index (Phi) is 4.23. The monoisotopic (exact) mass is 313 g/mol. The molecule has 0 saturated heterocycles. The number of nitrogens with one attached hydrogen (secondary N) is 1. The zero-order valence-electron chi connectivity index (χ0n) is 12.1. The molecule has 4 nitrogen and oxygen atoms in total. The number of carbonyl (C=O) groups excluding carboxylic acids is 1. The van der Waals surface area contributed by atoms with Crippen LogP contribution in [0.4, 0.5) is 8.78 Å². The highest BCUT2D eigenvalue weighted by molar-refractivity contribution is 5.93. The molecule has 2 aromatic carbocycles. The normalized spacial score (nSPS) is 10.7. The molecule has 1 N–H and O–H groups in total. The van der Waals surface area contributed by atoms with Gasteiger partial charge in [0.15, 0.2) is 0 Å². The molecular formula is C17H13F2N3O. The fourth-order valence-corrected chi connectivity index (χ4v) is 2.20. The summed E-state index contributed by atoms with van der Waals surface area (Å²) in [5, 5.41) is 2.63. The highest BCUT2D eigenvalue weighted by Gasteiger charge is 2.09. The van der Waals surface area contributed by atoms with Crippen LogP contribution in [0.1, 0.15) is 16.1 Å². The summed E-state index contributed by atoms with van der Waals surface area (Å²) in [6.45, 7) is 0.174. The summed E-state index contributed by atoms with van der Waals surface area (Å²) >= 11 is 0. The standard InChI is InChI=1S/C17H13F2N3O/c18-12-5-6-13(19)11(9-12)7-8-20-17(23)16-10-21-14-3-1-2-4-15(14)22-16/h1-6,9-10H,7-8H2,(H,20,23). The average Bonchev–Trinajstić information content (AvgIpc) is 2.57. The van der Waals surface area contributed by atoms with Gasteiger partial charge in [-0.2, -0.15) is 0 Å². The van der Waals surface area contributed by atoms with Gasteiger partial charge in [0.2, 0.25) is 0 Å². The zero-order chi connectivity index (χ0) is 16.2. The van der Waals surface area contributed by atoms with Gasteiger partial charge >= 0.3 is 0 Å². The summed E-state index contributed by atoms with van der Waals surface area (Å²) in [5.74, 6) is -1.40. The predicted molar refractivity (Wildman–Crippen MR) is 81.9 cm³/mol. The lowest BCUT2D eigenvalue weighted by Crippen LogP contribution is -2.27. The van der Waals surface area contributed by atoms with E-state index in [0.717, 1.165) is 18.2 Å². The second kappa shape index (κ2) is 6.48. The SMILES string of the molecule is O=C(NCCc1cc(F)ccc1F)c1cnc2ccccc2n1. The van der Waals surface area contributed by atoms with Gasteiger partial charge in [0.05, 0.1) is 17.2 Å². The Bertz CT molecular complexity index is 867. The molecule has 0 atom stereocenters. The van der Waals surface area contributed by atoms with Crippen LogP contribution < -0.4 is 5.32 Å². The minimum atomic E-state index is -0.506. The lowest BCUT2D eigenvalue weighted by molar-refractivity contribution is 0.0949. The molecule has 6 heteroatoms. The summed E-state index contributed by atoms with van der Waals surface area (Å²) in [6.07, 6.45) is 1.58. The lowest BCUT2D eigenvalue weighted by Gasteiger charge is -2.06. The minimum Gasteiger partial charge on any atom is -0.350 e. The van der Waals surface area contributed by atoms with E-state index in [1.54, 1.807) is 12.1 Å². The van der Waals surface area contributed by atoms with Crippen LogP contribution in [0.5, 0.6) is 0 Å². The van der Waals surface area contributed by atoms with Crippen LogP contribution in [0.15, 0.2) is 48.7 Å². The molecule has 3 rings (SSSR count). The van der Waals surface area contributed by atoms with Gasteiger partial charge in [-0.15, -0.1) is 0 Å². The molecule has 3 aromatic rings. The van der Waals surface area contributed by atoms with Crippen molar-refractivity contribution in [3.8, 4) is 0 Å². The van der Waals surface area contributed by atoms with Gasteiger partial charge in [0.1, 0.15) is 17.3 Å². The number of hydrogen-bond acceptors (Lipinski definition) is 3. The minimum absolute atomic E-state index is 0.174. The Balaban J connectivity index is 1.65.